The lowest BCUT2D eigenvalue weighted by Gasteiger charge is -2.19. The van der Waals surface area contributed by atoms with E-state index >= 15 is 0 Å². The average Bonchev–Trinajstić information content (AvgIpc) is 3.02. The van der Waals surface area contributed by atoms with E-state index in [-0.39, 0.29) is 24.5 Å². The molecule has 126 valence electrons. The molecule has 1 amide bonds. The molecule has 0 saturated carbocycles. The van der Waals surface area contributed by atoms with Crippen molar-refractivity contribution in [2.75, 3.05) is 5.32 Å². The molecule has 0 unspecified atom stereocenters. The zero-order valence-electron chi connectivity index (χ0n) is 13.5. The van der Waals surface area contributed by atoms with Crippen LogP contribution in [0.3, 0.4) is 0 Å². The van der Waals surface area contributed by atoms with Crippen LogP contribution in [0.25, 0.3) is 0 Å². The summed E-state index contributed by atoms with van der Waals surface area (Å²) in [5.74, 6) is -1.46. The number of nitrogens with zero attached hydrogens (tertiary/aromatic N) is 2. The lowest BCUT2D eigenvalue weighted by molar-refractivity contribution is -0.146. The van der Waals surface area contributed by atoms with Gasteiger partial charge in [-0.05, 0) is 13.8 Å². The number of aliphatic carboxylic acids is 1. The Morgan fingerprint density at radius 3 is 2.46 bits per heavy atom. The van der Waals surface area contributed by atoms with Crippen molar-refractivity contribution < 1.29 is 19.5 Å². The molecule has 0 aliphatic rings. The van der Waals surface area contributed by atoms with Crippen LogP contribution in [-0.4, -0.2) is 32.5 Å². The van der Waals surface area contributed by atoms with Crippen molar-refractivity contribution in [1.82, 2.24) is 9.78 Å². The number of rotatable bonds is 7. The number of Topliss-reactive ketones (excluding diaryl/α,β-unsaturated/α-hetero) is 1. The van der Waals surface area contributed by atoms with Crippen LogP contribution in [0.2, 0.25) is 0 Å². The summed E-state index contributed by atoms with van der Waals surface area (Å²) in [5.41, 5.74) is -0.255. The molecule has 7 nitrogen and oxygen atoms in total. The van der Waals surface area contributed by atoms with E-state index in [0.29, 0.717) is 11.3 Å². The van der Waals surface area contributed by atoms with E-state index in [1.165, 1.54) is 30.9 Å². The van der Waals surface area contributed by atoms with Crippen molar-refractivity contribution in [3.8, 4) is 0 Å². The van der Waals surface area contributed by atoms with Gasteiger partial charge in [0.15, 0.2) is 11.3 Å². The van der Waals surface area contributed by atoms with Crippen LogP contribution >= 0.6 is 0 Å². The van der Waals surface area contributed by atoms with Crippen LogP contribution in [0.1, 0.15) is 37.0 Å². The summed E-state index contributed by atoms with van der Waals surface area (Å²) in [6, 6.07) is 8.77. The third kappa shape index (κ3) is 4.07. The number of carbonyl (C=O) groups excluding carboxylic acids is 2. The standard InChI is InChI=1S/C17H19N3O4/c1-17(2,16(23)24)20-11-13(10-18-20)19-15(22)9-8-14(21)12-6-4-3-5-7-12/h3-7,10-11H,8-9H2,1-2H3,(H,19,22)(H,23,24). The highest BCUT2D eigenvalue weighted by Gasteiger charge is 2.30. The Kier molecular flexibility index (Phi) is 5.13. The second kappa shape index (κ2) is 7.08. The average molecular weight is 329 g/mol. The van der Waals surface area contributed by atoms with E-state index < -0.39 is 11.5 Å². The van der Waals surface area contributed by atoms with Gasteiger partial charge in [0, 0.05) is 24.6 Å². The van der Waals surface area contributed by atoms with Gasteiger partial charge in [-0.2, -0.15) is 5.10 Å². The molecular weight excluding hydrogens is 310 g/mol. The topological polar surface area (TPSA) is 101 Å². The quantitative estimate of drug-likeness (QED) is 0.759. The van der Waals surface area contributed by atoms with Crippen LogP contribution < -0.4 is 5.32 Å². The van der Waals surface area contributed by atoms with E-state index in [1.807, 2.05) is 6.07 Å². The predicted molar refractivity (Wildman–Crippen MR) is 87.8 cm³/mol. The number of carbonyl (C=O) groups is 3. The Bertz CT molecular complexity index is 750. The Morgan fingerprint density at radius 1 is 1.17 bits per heavy atom. The molecule has 1 heterocycles. The fourth-order valence-corrected chi connectivity index (χ4v) is 2.01. The summed E-state index contributed by atoms with van der Waals surface area (Å²) in [7, 11) is 0. The van der Waals surface area contributed by atoms with Gasteiger partial charge >= 0.3 is 5.97 Å². The zero-order chi connectivity index (χ0) is 17.7. The monoisotopic (exact) mass is 329 g/mol. The maximum atomic E-state index is 12.0. The van der Waals surface area contributed by atoms with E-state index in [1.54, 1.807) is 24.3 Å². The van der Waals surface area contributed by atoms with Gasteiger partial charge in [0.1, 0.15) is 0 Å². The number of carboxylic acids is 1. The van der Waals surface area contributed by atoms with Crippen molar-refractivity contribution >= 4 is 23.3 Å². The number of amides is 1. The molecule has 0 atom stereocenters. The van der Waals surface area contributed by atoms with Crippen molar-refractivity contribution in [2.45, 2.75) is 32.2 Å². The summed E-state index contributed by atoms with van der Waals surface area (Å²) in [6.07, 6.45) is 2.97. The predicted octanol–water partition coefficient (Wildman–Crippen LogP) is 2.30. The zero-order valence-corrected chi connectivity index (χ0v) is 13.5. The van der Waals surface area contributed by atoms with Crippen molar-refractivity contribution in [3.63, 3.8) is 0 Å². The third-order valence-electron chi connectivity index (χ3n) is 3.64. The SMILES string of the molecule is CC(C)(C(=O)O)n1cc(NC(=O)CCC(=O)c2ccccc2)cn1. The molecule has 0 aliphatic carbocycles. The molecular formula is C17H19N3O4. The second-order valence-electron chi connectivity index (χ2n) is 5.88. The molecule has 1 aromatic heterocycles. The number of anilines is 1. The lowest BCUT2D eigenvalue weighted by Crippen LogP contribution is -2.35. The molecule has 2 aromatic rings. The maximum Gasteiger partial charge on any atom is 0.331 e. The normalized spacial score (nSPS) is 11.1. The first-order chi connectivity index (χ1) is 11.3. The number of hydrogen-bond acceptors (Lipinski definition) is 4. The Hall–Kier alpha value is -2.96. The molecule has 0 saturated heterocycles. The molecule has 7 heteroatoms. The molecule has 0 spiro atoms. The summed E-state index contributed by atoms with van der Waals surface area (Å²) in [6.45, 7) is 3.01. The fourth-order valence-electron chi connectivity index (χ4n) is 2.01. The number of aromatic nitrogens is 2. The summed E-state index contributed by atoms with van der Waals surface area (Å²) >= 11 is 0. The molecule has 0 aliphatic heterocycles. The number of benzene rings is 1. The molecule has 1 aromatic carbocycles. The van der Waals surface area contributed by atoms with Crippen molar-refractivity contribution in [1.29, 1.82) is 0 Å². The van der Waals surface area contributed by atoms with Gasteiger partial charge in [-0.25, -0.2) is 4.79 Å². The van der Waals surface area contributed by atoms with Crippen molar-refractivity contribution in [2.24, 2.45) is 0 Å². The second-order valence-corrected chi connectivity index (χ2v) is 5.88. The smallest absolute Gasteiger partial charge is 0.331 e. The van der Waals surface area contributed by atoms with Gasteiger partial charge in [-0.15, -0.1) is 0 Å². The fraction of sp³-hybridized carbons (Fsp3) is 0.294. The molecule has 2 N–H and O–H groups in total. The minimum Gasteiger partial charge on any atom is -0.479 e. The van der Waals surface area contributed by atoms with E-state index in [4.69, 9.17) is 5.11 Å². The molecule has 0 fully saturated rings. The van der Waals surface area contributed by atoms with Gasteiger partial charge in [0.05, 0.1) is 11.9 Å². The number of carboxylic acid groups (broad SMARTS) is 1. The molecule has 0 bridgehead atoms. The Morgan fingerprint density at radius 2 is 1.83 bits per heavy atom. The number of nitrogens with one attached hydrogen (secondary N) is 1. The largest absolute Gasteiger partial charge is 0.479 e. The number of ketones is 1. The molecule has 24 heavy (non-hydrogen) atoms. The van der Waals surface area contributed by atoms with E-state index in [9.17, 15) is 14.4 Å². The number of hydrogen-bond donors (Lipinski definition) is 2. The van der Waals surface area contributed by atoms with E-state index in [2.05, 4.69) is 10.4 Å². The lowest BCUT2D eigenvalue weighted by atomic mass is 10.1. The van der Waals surface area contributed by atoms with Gasteiger partial charge in [0.2, 0.25) is 5.91 Å². The van der Waals surface area contributed by atoms with Gasteiger partial charge in [-0.1, -0.05) is 30.3 Å². The van der Waals surface area contributed by atoms with Gasteiger partial charge in [-0.3, -0.25) is 14.3 Å². The molecule has 0 radical (unpaired) electrons. The van der Waals surface area contributed by atoms with Crippen LogP contribution in [0.5, 0.6) is 0 Å². The van der Waals surface area contributed by atoms with Crippen LogP contribution in [0.4, 0.5) is 5.69 Å². The highest BCUT2D eigenvalue weighted by molar-refractivity contribution is 5.99. The van der Waals surface area contributed by atoms with Crippen LogP contribution in [-0.2, 0) is 15.1 Å². The van der Waals surface area contributed by atoms with Gasteiger partial charge < -0.3 is 10.4 Å². The molecule has 2 rings (SSSR count). The summed E-state index contributed by atoms with van der Waals surface area (Å²) < 4.78 is 1.26. The van der Waals surface area contributed by atoms with Gasteiger partial charge in [0.25, 0.3) is 0 Å². The maximum absolute atomic E-state index is 12.0. The third-order valence-corrected chi connectivity index (χ3v) is 3.64. The van der Waals surface area contributed by atoms with Crippen LogP contribution in [0, 0.1) is 0 Å². The highest BCUT2D eigenvalue weighted by Crippen LogP contribution is 2.17. The first-order valence-electron chi connectivity index (χ1n) is 7.47. The Balaban J connectivity index is 1.90. The van der Waals surface area contributed by atoms with Crippen molar-refractivity contribution in [3.05, 3.63) is 48.3 Å². The summed E-state index contributed by atoms with van der Waals surface area (Å²) in [4.78, 5) is 35.1. The summed E-state index contributed by atoms with van der Waals surface area (Å²) in [5, 5.41) is 15.7. The van der Waals surface area contributed by atoms with E-state index in [0.717, 1.165) is 0 Å². The minimum atomic E-state index is -1.22. The highest BCUT2D eigenvalue weighted by atomic mass is 16.4. The first kappa shape index (κ1) is 17.4. The first-order valence-corrected chi connectivity index (χ1v) is 7.47. The minimum absolute atomic E-state index is 0.0429. The Labute approximate surface area is 139 Å². The van der Waals surface area contributed by atoms with Crippen LogP contribution in [0.15, 0.2) is 42.7 Å².